The molecule has 94 valence electrons. The van der Waals surface area contributed by atoms with E-state index in [1.807, 2.05) is 0 Å². The third kappa shape index (κ3) is 2.91. The topological polar surface area (TPSA) is 84.1 Å². The molecule has 1 fully saturated rings. The number of nitrogen functional groups attached to an aromatic ring is 1. The minimum absolute atomic E-state index is 0.0726. The number of nitrogens with two attached hydrogens (primary N) is 1. The molecule has 0 amide bonds. The highest BCUT2D eigenvalue weighted by Gasteiger charge is 2.25. The summed E-state index contributed by atoms with van der Waals surface area (Å²) >= 11 is 11.5. The highest BCUT2D eigenvalue weighted by atomic mass is 35.5. The maximum Gasteiger partial charge on any atom is 0.225 e. The first-order valence-corrected chi connectivity index (χ1v) is 6.21. The van der Waals surface area contributed by atoms with Crippen molar-refractivity contribution < 1.29 is 5.11 Å². The predicted molar refractivity (Wildman–Crippen MR) is 68.3 cm³/mol. The molecular weight excluding hydrogens is 263 g/mol. The summed E-state index contributed by atoms with van der Waals surface area (Å²) in [4.78, 5) is 7.77. The molecule has 0 saturated heterocycles. The van der Waals surface area contributed by atoms with Crippen LogP contribution in [0.2, 0.25) is 10.4 Å². The van der Waals surface area contributed by atoms with Gasteiger partial charge in [0.15, 0.2) is 11.0 Å². The van der Waals surface area contributed by atoms with Gasteiger partial charge in [-0.05, 0) is 36.8 Å². The van der Waals surface area contributed by atoms with Crippen LogP contribution in [-0.4, -0.2) is 27.7 Å². The average molecular weight is 277 g/mol. The van der Waals surface area contributed by atoms with Gasteiger partial charge in [0.05, 0.1) is 0 Å². The van der Waals surface area contributed by atoms with Crippen molar-refractivity contribution in [2.45, 2.75) is 25.3 Å². The molecule has 7 heteroatoms. The molecule has 0 aliphatic heterocycles. The van der Waals surface area contributed by atoms with Crippen molar-refractivity contribution in [2.24, 2.45) is 5.92 Å². The van der Waals surface area contributed by atoms with Crippen LogP contribution in [0.3, 0.4) is 0 Å². The van der Waals surface area contributed by atoms with Crippen LogP contribution in [0.25, 0.3) is 0 Å². The van der Waals surface area contributed by atoms with Gasteiger partial charge in [0, 0.05) is 12.6 Å². The number of hydrogen-bond donors (Lipinski definition) is 3. The van der Waals surface area contributed by atoms with Crippen molar-refractivity contribution in [1.82, 2.24) is 9.97 Å². The van der Waals surface area contributed by atoms with Crippen LogP contribution in [0, 0.1) is 5.92 Å². The summed E-state index contributed by atoms with van der Waals surface area (Å²) in [5.74, 6) is 0.820. The third-order valence-corrected chi connectivity index (χ3v) is 3.47. The van der Waals surface area contributed by atoms with Gasteiger partial charge in [-0.1, -0.05) is 11.6 Å². The molecule has 2 rings (SSSR count). The summed E-state index contributed by atoms with van der Waals surface area (Å²) < 4.78 is 0. The van der Waals surface area contributed by atoms with Crippen LogP contribution in [0.4, 0.5) is 11.5 Å². The second-order valence-corrected chi connectivity index (χ2v) is 4.94. The van der Waals surface area contributed by atoms with Gasteiger partial charge in [-0.2, -0.15) is 4.98 Å². The molecule has 2 unspecified atom stereocenters. The summed E-state index contributed by atoms with van der Waals surface area (Å²) in [5.41, 5.74) is 6.08. The Kier molecular flexibility index (Phi) is 3.91. The number of nitrogens with zero attached hydrogens (tertiary/aromatic N) is 2. The second kappa shape index (κ2) is 5.25. The highest BCUT2D eigenvalue weighted by Crippen LogP contribution is 2.31. The molecule has 1 aliphatic carbocycles. The fourth-order valence-electron chi connectivity index (χ4n) is 2.09. The van der Waals surface area contributed by atoms with Gasteiger partial charge >= 0.3 is 0 Å². The van der Waals surface area contributed by atoms with Crippen molar-refractivity contribution in [3.05, 3.63) is 10.4 Å². The van der Waals surface area contributed by atoms with E-state index in [1.54, 1.807) is 0 Å². The van der Waals surface area contributed by atoms with E-state index in [9.17, 15) is 0 Å². The van der Waals surface area contributed by atoms with Crippen molar-refractivity contribution in [3.63, 3.8) is 0 Å². The second-order valence-electron chi connectivity index (χ2n) is 4.25. The SMILES string of the molecule is Nc1c(Cl)nc(Cl)nc1NC1CCC(CO)C1. The maximum atomic E-state index is 9.07. The van der Waals surface area contributed by atoms with E-state index in [4.69, 9.17) is 34.0 Å². The Bertz CT molecular complexity index is 416. The number of aliphatic hydroxyl groups excluding tert-OH is 1. The minimum atomic E-state index is 0.0726. The normalized spacial score (nSPS) is 23.9. The van der Waals surface area contributed by atoms with Gasteiger partial charge in [-0.15, -0.1) is 0 Å². The summed E-state index contributed by atoms with van der Waals surface area (Å²) in [6.07, 6.45) is 2.87. The Morgan fingerprint density at radius 3 is 2.76 bits per heavy atom. The lowest BCUT2D eigenvalue weighted by Gasteiger charge is -2.15. The number of nitrogens with one attached hydrogen (secondary N) is 1. The van der Waals surface area contributed by atoms with E-state index < -0.39 is 0 Å². The fraction of sp³-hybridized carbons (Fsp3) is 0.600. The monoisotopic (exact) mass is 276 g/mol. The van der Waals surface area contributed by atoms with E-state index in [-0.39, 0.29) is 23.1 Å². The largest absolute Gasteiger partial charge is 0.396 e. The van der Waals surface area contributed by atoms with Gasteiger partial charge in [0.25, 0.3) is 0 Å². The van der Waals surface area contributed by atoms with Crippen LogP contribution in [0.15, 0.2) is 0 Å². The Morgan fingerprint density at radius 2 is 2.12 bits per heavy atom. The zero-order valence-corrected chi connectivity index (χ0v) is 10.7. The molecule has 5 nitrogen and oxygen atoms in total. The Hall–Kier alpha value is -0.780. The minimum Gasteiger partial charge on any atom is -0.396 e. The molecule has 0 aromatic carbocycles. The lowest BCUT2D eigenvalue weighted by molar-refractivity contribution is 0.229. The van der Waals surface area contributed by atoms with Crippen molar-refractivity contribution >= 4 is 34.7 Å². The molecule has 1 aromatic heterocycles. The zero-order valence-electron chi connectivity index (χ0n) is 9.16. The number of aromatic nitrogens is 2. The van der Waals surface area contributed by atoms with Crippen molar-refractivity contribution in [3.8, 4) is 0 Å². The first-order valence-electron chi connectivity index (χ1n) is 5.46. The fourth-order valence-corrected chi connectivity index (χ4v) is 2.47. The first kappa shape index (κ1) is 12.7. The van der Waals surface area contributed by atoms with Gasteiger partial charge in [-0.3, -0.25) is 0 Å². The molecular formula is C10H14Cl2N4O. The van der Waals surface area contributed by atoms with E-state index in [0.29, 0.717) is 17.4 Å². The van der Waals surface area contributed by atoms with E-state index in [1.165, 1.54) is 0 Å². The number of hydrogen-bond acceptors (Lipinski definition) is 5. The predicted octanol–water partition coefficient (Wildman–Crippen LogP) is 1.94. The lowest BCUT2D eigenvalue weighted by atomic mass is 10.1. The van der Waals surface area contributed by atoms with Crippen LogP contribution in [-0.2, 0) is 0 Å². The summed E-state index contributed by atoms with van der Waals surface area (Å²) in [7, 11) is 0. The lowest BCUT2D eigenvalue weighted by Crippen LogP contribution is -2.18. The van der Waals surface area contributed by atoms with Crippen molar-refractivity contribution in [2.75, 3.05) is 17.7 Å². The highest BCUT2D eigenvalue weighted by molar-refractivity contribution is 6.34. The molecule has 2 atom stereocenters. The molecule has 1 saturated carbocycles. The molecule has 0 radical (unpaired) electrons. The Labute approximate surface area is 109 Å². The van der Waals surface area contributed by atoms with Crippen LogP contribution in [0.1, 0.15) is 19.3 Å². The zero-order chi connectivity index (χ0) is 12.4. The maximum absolute atomic E-state index is 9.07. The number of anilines is 2. The van der Waals surface area contributed by atoms with E-state index in [0.717, 1.165) is 19.3 Å². The number of aliphatic hydroxyl groups is 1. The third-order valence-electron chi connectivity index (χ3n) is 3.01. The first-order chi connectivity index (χ1) is 8.10. The summed E-state index contributed by atoms with van der Waals surface area (Å²) in [6.45, 7) is 0.221. The molecule has 0 spiro atoms. The molecule has 1 heterocycles. The van der Waals surface area contributed by atoms with Crippen LogP contribution < -0.4 is 11.1 Å². The van der Waals surface area contributed by atoms with Gasteiger partial charge < -0.3 is 16.2 Å². The molecule has 4 N–H and O–H groups in total. The van der Waals surface area contributed by atoms with Crippen molar-refractivity contribution in [1.29, 1.82) is 0 Å². The van der Waals surface area contributed by atoms with Gasteiger partial charge in [-0.25, -0.2) is 4.98 Å². The van der Waals surface area contributed by atoms with Gasteiger partial charge in [0.1, 0.15) is 5.69 Å². The molecule has 1 aliphatic rings. The summed E-state index contributed by atoms with van der Waals surface area (Å²) in [6, 6.07) is 0.247. The summed E-state index contributed by atoms with van der Waals surface area (Å²) in [5, 5.41) is 12.5. The van der Waals surface area contributed by atoms with E-state index in [2.05, 4.69) is 15.3 Å². The Balaban J connectivity index is 2.09. The average Bonchev–Trinajstić information content (AvgIpc) is 2.73. The quantitative estimate of drug-likeness (QED) is 0.581. The number of rotatable bonds is 3. The molecule has 0 bridgehead atoms. The standard InChI is InChI=1S/C10H14Cl2N4O/c11-8-7(13)9(16-10(12)15-8)14-6-2-1-5(3-6)4-17/h5-6,17H,1-4,13H2,(H,14,15,16). The van der Waals surface area contributed by atoms with Crippen LogP contribution >= 0.6 is 23.2 Å². The van der Waals surface area contributed by atoms with E-state index >= 15 is 0 Å². The molecule has 1 aromatic rings. The van der Waals surface area contributed by atoms with Crippen LogP contribution in [0.5, 0.6) is 0 Å². The Morgan fingerprint density at radius 1 is 1.35 bits per heavy atom. The van der Waals surface area contributed by atoms with Gasteiger partial charge in [0.2, 0.25) is 5.28 Å². The molecule has 17 heavy (non-hydrogen) atoms. The number of halogens is 2. The smallest absolute Gasteiger partial charge is 0.225 e.